The van der Waals surface area contributed by atoms with E-state index in [1.807, 2.05) is 6.07 Å². The number of nitrogens with zero attached hydrogens (tertiary/aromatic N) is 1. The zero-order valence-electron chi connectivity index (χ0n) is 7.95. The molecule has 16 heavy (non-hydrogen) atoms. The lowest BCUT2D eigenvalue weighted by Crippen LogP contribution is -1.86. The van der Waals surface area contributed by atoms with Gasteiger partial charge in [0.25, 0.3) is 0 Å². The Morgan fingerprint density at radius 2 is 1.94 bits per heavy atom. The Morgan fingerprint density at radius 3 is 2.69 bits per heavy atom. The molecule has 0 aliphatic heterocycles. The van der Waals surface area contributed by atoms with Gasteiger partial charge in [0.2, 0.25) is 0 Å². The number of benzene rings is 1. The van der Waals surface area contributed by atoms with Crippen LogP contribution in [-0.2, 0) is 0 Å². The SMILES string of the molecule is Clc1cc(Oc2cc(Br)ccc2Cl)ccn1. The van der Waals surface area contributed by atoms with Gasteiger partial charge in [-0.2, -0.15) is 0 Å². The van der Waals surface area contributed by atoms with Gasteiger partial charge in [0.05, 0.1) is 5.02 Å². The molecule has 0 radical (unpaired) electrons. The molecule has 5 heteroatoms. The molecule has 1 heterocycles. The minimum atomic E-state index is 0.378. The van der Waals surface area contributed by atoms with Gasteiger partial charge in [-0.15, -0.1) is 0 Å². The highest BCUT2D eigenvalue weighted by molar-refractivity contribution is 9.10. The maximum atomic E-state index is 5.99. The number of halogens is 3. The van der Waals surface area contributed by atoms with Crippen molar-refractivity contribution in [2.45, 2.75) is 0 Å². The van der Waals surface area contributed by atoms with Crippen LogP contribution in [0.2, 0.25) is 10.2 Å². The molecule has 0 amide bonds. The quantitative estimate of drug-likeness (QED) is 0.731. The highest BCUT2D eigenvalue weighted by Crippen LogP contribution is 2.32. The highest BCUT2D eigenvalue weighted by atomic mass is 79.9. The van der Waals surface area contributed by atoms with Crippen LogP contribution in [-0.4, -0.2) is 4.98 Å². The first kappa shape index (κ1) is 11.7. The first-order valence-corrected chi connectivity index (χ1v) is 5.94. The minimum absolute atomic E-state index is 0.378. The van der Waals surface area contributed by atoms with Gasteiger partial charge in [-0.3, -0.25) is 0 Å². The van der Waals surface area contributed by atoms with Crippen molar-refractivity contribution < 1.29 is 4.74 Å². The smallest absolute Gasteiger partial charge is 0.147 e. The maximum Gasteiger partial charge on any atom is 0.147 e. The van der Waals surface area contributed by atoms with Crippen molar-refractivity contribution in [3.63, 3.8) is 0 Å². The molecule has 2 nitrogen and oxygen atoms in total. The Hall–Kier alpha value is -0.770. The Morgan fingerprint density at radius 1 is 1.12 bits per heavy atom. The summed E-state index contributed by atoms with van der Waals surface area (Å²) in [5.41, 5.74) is 0. The summed E-state index contributed by atoms with van der Waals surface area (Å²) in [5.74, 6) is 1.17. The zero-order valence-corrected chi connectivity index (χ0v) is 11.1. The predicted octanol–water partition coefficient (Wildman–Crippen LogP) is 4.94. The van der Waals surface area contributed by atoms with Crippen molar-refractivity contribution in [1.29, 1.82) is 0 Å². The number of aromatic nitrogens is 1. The summed E-state index contributed by atoms with van der Waals surface area (Å²) in [5, 5.41) is 0.916. The Labute approximate surface area is 111 Å². The lowest BCUT2D eigenvalue weighted by Gasteiger charge is -2.07. The van der Waals surface area contributed by atoms with E-state index >= 15 is 0 Å². The molecule has 82 valence electrons. The number of rotatable bonds is 2. The normalized spacial score (nSPS) is 10.2. The van der Waals surface area contributed by atoms with E-state index in [1.165, 1.54) is 0 Å². The average Bonchev–Trinajstić information content (AvgIpc) is 2.24. The van der Waals surface area contributed by atoms with E-state index in [-0.39, 0.29) is 0 Å². The standard InChI is InChI=1S/C11H6BrCl2NO/c12-7-1-2-9(13)10(5-7)16-8-3-4-15-11(14)6-8/h1-6H. The third-order valence-corrected chi connectivity index (χ3v) is 2.83. The summed E-state index contributed by atoms with van der Waals surface area (Å²) < 4.78 is 6.48. The van der Waals surface area contributed by atoms with Crippen LogP contribution in [0.3, 0.4) is 0 Å². The molecule has 0 bridgehead atoms. The summed E-state index contributed by atoms with van der Waals surface area (Å²) >= 11 is 15.1. The number of hydrogen-bond acceptors (Lipinski definition) is 2. The molecule has 0 aliphatic rings. The average molecular weight is 319 g/mol. The first-order valence-electron chi connectivity index (χ1n) is 4.39. The molecule has 2 aromatic rings. The van der Waals surface area contributed by atoms with Gasteiger partial charge in [0, 0.05) is 16.7 Å². The zero-order chi connectivity index (χ0) is 11.5. The monoisotopic (exact) mass is 317 g/mol. The largest absolute Gasteiger partial charge is 0.456 e. The summed E-state index contributed by atoms with van der Waals surface area (Å²) in [6.07, 6.45) is 1.57. The van der Waals surface area contributed by atoms with Crippen LogP contribution in [0.25, 0.3) is 0 Å². The third-order valence-electron chi connectivity index (χ3n) is 1.82. The van der Waals surface area contributed by atoms with E-state index in [2.05, 4.69) is 20.9 Å². The van der Waals surface area contributed by atoms with Crippen LogP contribution in [0.15, 0.2) is 41.0 Å². The lowest BCUT2D eigenvalue weighted by molar-refractivity contribution is 0.482. The van der Waals surface area contributed by atoms with Crippen molar-refractivity contribution >= 4 is 39.1 Å². The van der Waals surface area contributed by atoms with E-state index in [4.69, 9.17) is 27.9 Å². The van der Waals surface area contributed by atoms with Crippen molar-refractivity contribution in [1.82, 2.24) is 4.98 Å². The maximum absolute atomic E-state index is 5.99. The first-order chi connectivity index (χ1) is 7.65. The van der Waals surface area contributed by atoms with Gasteiger partial charge >= 0.3 is 0 Å². The second-order valence-electron chi connectivity index (χ2n) is 2.99. The second kappa shape index (κ2) is 5.04. The van der Waals surface area contributed by atoms with Crippen LogP contribution >= 0.6 is 39.1 Å². The van der Waals surface area contributed by atoms with Crippen LogP contribution in [0.4, 0.5) is 0 Å². The van der Waals surface area contributed by atoms with Gasteiger partial charge < -0.3 is 4.74 Å². The molecule has 0 atom stereocenters. The van der Waals surface area contributed by atoms with Crippen molar-refractivity contribution in [3.05, 3.63) is 51.2 Å². The lowest BCUT2D eigenvalue weighted by atomic mass is 10.3. The molecule has 0 fully saturated rings. The van der Waals surface area contributed by atoms with E-state index < -0.39 is 0 Å². The molecule has 0 aliphatic carbocycles. The van der Waals surface area contributed by atoms with Gasteiger partial charge in [0.1, 0.15) is 16.7 Å². The second-order valence-corrected chi connectivity index (χ2v) is 4.70. The fourth-order valence-electron chi connectivity index (χ4n) is 1.13. The molecule has 0 saturated carbocycles. The minimum Gasteiger partial charge on any atom is -0.456 e. The van der Waals surface area contributed by atoms with Gasteiger partial charge in [-0.05, 0) is 24.3 Å². The summed E-state index contributed by atoms with van der Waals surface area (Å²) in [4.78, 5) is 3.86. The number of ether oxygens (including phenoxy) is 1. The molecule has 1 aromatic carbocycles. The van der Waals surface area contributed by atoms with Crippen LogP contribution in [0.1, 0.15) is 0 Å². The molecule has 0 saturated heterocycles. The van der Waals surface area contributed by atoms with E-state index in [1.54, 1.807) is 30.5 Å². The van der Waals surface area contributed by atoms with Crippen molar-refractivity contribution in [3.8, 4) is 11.5 Å². The van der Waals surface area contributed by atoms with Gasteiger partial charge in [0.15, 0.2) is 0 Å². The fourth-order valence-corrected chi connectivity index (χ4v) is 1.79. The van der Waals surface area contributed by atoms with Gasteiger partial charge in [-0.1, -0.05) is 39.1 Å². The highest BCUT2D eigenvalue weighted by Gasteiger charge is 2.04. The topological polar surface area (TPSA) is 22.1 Å². The van der Waals surface area contributed by atoms with Crippen molar-refractivity contribution in [2.24, 2.45) is 0 Å². The molecular formula is C11H6BrCl2NO. The summed E-state index contributed by atoms with van der Waals surface area (Å²) in [6.45, 7) is 0. The van der Waals surface area contributed by atoms with Crippen LogP contribution < -0.4 is 4.74 Å². The Bertz CT molecular complexity index is 519. The van der Waals surface area contributed by atoms with Crippen molar-refractivity contribution in [2.75, 3.05) is 0 Å². The molecule has 0 unspecified atom stereocenters. The van der Waals surface area contributed by atoms with Crippen LogP contribution in [0.5, 0.6) is 11.5 Å². The Balaban J connectivity index is 2.30. The summed E-state index contributed by atoms with van der Waals surface area (Å²) in [7, 11) is 0. The molecule has 0 N–H and O–H groups in total. The Kier molecular flexibility index (Phi) is 3.69. The van der Waals surface area contributed by atoms with Gasteiger partial charge in [-0.25, -0.2) is 4.98 Å². The fraction of sp³-hybridized carbons (Fsp3) is 0. The third kappa shape index (κ3) is 2.88. The van der Waals surface area contributed by atoms with E-state index in [0.29, 0.717) is 21.7 Å². The van der Waals surface area contributed by atoms with E-state index in [9.17, 15) is 0 Å². The van der Waals surface area contributed by atoms with Crippen LogP contribution in [0, 0.1) is 0 Å². The number of pyridine rings is 1. The summed E-state index contributed by atoms with van der Waals surface area (Å²) in [6, 6.07) is 8.72. The molecule has 1 aromatic heterocycles. The number of hydrogen-bond donors (Lipinski definition) is 0. The molecular weight excluding hydrogens is 313 g/mol. The molecule has 0 spiro atoms. The molecule has 2 rings (SSSR count). The van der Waals surface area contributed by atoms with E-state index in [0.717, 1.165) is 4.47 Å². The predicted molar refractivity (Wildman–Crippen MR) is 68.5 cm³/mol.